The first-order valence-electron chi connectivity index (χ1n) is 8.46. The molecule has 1 aliphatic rings. The highest BCUT2D eigenvalue weighted by Gasteiger charge is 2.39. The molecule has 1 saturated heterocycles. The third-order valence-corrected chi connectivity index (χ3v) is 4.61. The summed E-state index contributed by atoms with van der Waals surface area (Å²) in [5, 5.41) is 0. The molecule has 0 aliphatic carbocycles. The SMILES string of the molecule is CC(C)CC(CN)(CC(C)C)N1CCCN(C)CC1C. The minimum atomic E-state index is 0.187. The molecule has 0 radical (unpaired) electrons. The van der Waals surface area contributed by atoms with Crippen LogP contribution in [0.25, 0.3) is 0 Å². The van der Waals surface area contributed by atoms with Crippen LogP contribution in [0, 0.1) is 11.8 Å². The Kier molecular flexibility index (Phi) is 6.96. The van der Waals surface area contributed by atoms with Crippen molar-refractivity contribution in [3.05, 3.63) is 0 Å². The molecule has 0 aromatic rings. The van der Waals surface area contributed by atoms with E-state index in [9.17, 15) is 0 Å². The molecule has 1 aliphatic heterocycles. The van der Waals surface area contributed by atoms with E-state index in [1.54, 1.807) is 0 Å². The molecule has 1 unspecified atom stereocenters. The summed E-state index contributed by atoms with van der Waals surface area (Å²) in [5.74, 6) is 1.40. The molecular formula is C17H37N3. The summed E-state index contributed by atoms with van der Waals surface area (Å²) in [4.78, 5) is 5.22. The maximum Gasteiger partial charge on any atom is 0.0339 e. The number of nitrogens with zero attached hydrogens (tertiary/aromatic N) is 2. The first-order chi connectivity index (χ1) is 9.30. The van der Waals surface area contributed by atoms with Crippen LogP contribution in [0.4, 0.5) is 0 Å². The van der Waals surface area contributed by atoms with Gasteiger partial charge in [0.25, 0.3) is 0 Å². The second-order valence-corrected chi connectivity index (χ2v) is 7.78. The van der Waals surface area contributed by atoms with E-state index in [2.05, 4.69) is 51.5 Å². The Balaban J connectivity index is 2.99. The van der Waals surface area contributed by atoms with Crippen molar-refractivity contribution in [1.82, 2.24) is 9.80 Å². The van der Waals surface area contributed by atoms with Gasteiger partial charge in [-0.05, 0) is 51.6 Å². The van der Waals surface area contributed by atoms with Crippen LogP contribution >= 0.6 is 0 Å². The Morgan fingerprint density at radius 3 is 2.10 bits per heavy atom. The molecule has 0 bridgehead atoms. The minimum Gasteiger partial charge on any atom is -0.329 e. The highest BCUT2D eigenvalue weighted by molar-refractivity contribution is 4.97. The molecule has 0 saturated carbocycles. The molecule has 2 N–H and O–H groups in total. The molecule has 3 heteroatoms. The zero-order valence-corrected chi connectivity index (χ0v) is 14.7. The van der Waals surface area contributed by atoms with E-state index in [0.29, 0.717) is 17.9 Å². The van der Waals surface area contributed by atoms with Gasteiger partial charge in [-0.1, -0.05) is 27.7 Å². The zero-order chi connectivity index (χ0) is 15.3. The monoisotopic (exact) mass is 283 g/mol. The van der Waals surface area contributed by atoms with E-state index in [4.69, 9.17) is 5.73 Å². The summed E-state index contributed by atoms with van der Waals surface area (Å²) in [6.45, 7) is 16.1. The van der Waals surface area contributed by atoms with Gasteiger partial charge < -0.3 is 10.6 Å². The average Bonchev–Trinajstić information content (AvgIpc) is 2.48. The minimum absolute atomic E-state index is 0.187. The maximum absolute atomic E-state index is 6.33. The van der Waals surface area contributed by atoms with E-state index in [0.717, 1.165) is 13.1 Å². The van der Waals surface area contributed by atoms with Crippen molar-refractivity contribution >= 4 is 0 Å². The lowest BCUT2D eigenvalue weighted by Gasteiger charge is -2.48. The number of likely N-dealkylation sites (N-methyl/N-ethyl adjacent to an activating group) is 1. The van der Waals surface area contributed by atoms with E-state index in [-0.39, 0.29) is 5.54 Å². The van der Waals surface area contributed by atoms with Crippen molar-refractivity contribution in [2.75, 3.05) is 33.2 Å². The molecule has 0 aromatic carbocycles. The van der Waals surface area contributed by atoms with Crippen LogP contribution in [0.1, 0.15) is 53.9 Å². The van der Waals surface area contributed by atoms with Gasteiger partial charge in [-0.25, -0.2) is 0 Å². The molecule has 120 valence electrons. The van der Waals surface area contributed by atoms with Crippen LogP contribution in [-0.2, 0) is 0 Å². The van der Waals surface area contributed by atoms with Gasteiger partial charge in [0.15, 0.2) is 0 Å². The highest BCUT2D eigenvalue weighted by atomic mass is 15.3. The van der Waals surface area contributed by atoms with Crippen LogP contribution < -0.4 is 5.73 Å². The van der Waals surface area contributed by atoms with Gasteiger partial charge in [-0.3, -0.25) is 4.90 Å². The van der Waals surface area contributed by atoms with Gasteiger partial charge in [-0.15, -0.1) is 0 Å². The summed E-state index contributed by atoms with van der Waals surface area (Å²) in [7, 11) is 2.25. The number of hydrogen-bond donors (Lipinski definition) is 1. The second kappa shape index (κ2) is 7.77. The normalized spacial score (nSPS) is 23.6. The second-order valence-electron chi connectivity index (χ2n) is 7.78. The van der Waals surface area contributed by atoms with Crippen molar-refractivity contribution in [2.24, 2.45) is 17.6 Å². The summed E-state index contributed by atoms with van der Waals surface area (Å²) >= 11 is 0. The number of hydrogen-bond acceptors (Lipinski definition) is 3. The largest absolute Gasteiger partial charge is 0.329 e. The van der Waals surface area contributed by atoms with E-state index in [1.165, 1.54) is 32.4 Å². The molecule has 1 rings (SSSR count). The van der Waals surface area contributed by atoms with Gasteiger partial charge in [-0.2, -0.15) is 0 Å². The average molecular weight is 284 g/mol. The predicted molar refractivity (Wildman–Crippen MR) is 89.0 cm³/mol. The van der Waals surface area contributed by atoms with Crippen LogP contribution in [0.3, 0.4) is 0 Å². The van der Waals surface area contributed by atoms with Crippen molar-refractivity contribution < 1.29 is 0 Å². The van der Waals surface area contributed by atoms with E-state index in [1.807, 2.05) is 0 Å². The quantitative estimate of drug-likeness (QED) is 0.813. The van der Waals surface area contributed by atoms with E-state index >= 15 is 0 Å². The highest BCUT2D eigenvalue weighted by Crippen LogP contribution is 2.33. The molecular weight excluding hydrogens is 246 g/mol. The summed E-state index contributed by atoms with van der Waals surface area (Å²) in [5.41, 5.74) is 6.52. The predicted octanol–water partition coefficient (Wildman–Crippen LogP) is 2.80. The maximum atomic E-state index is 6.33. The Labute approximate surface area is 126 Å². The Bertz CT molecular complexity index is 265. The Morgan fingerprint density at radius 2 is 1.65 bits per heavy atom. The van der Waals surface area contributed by atoms with Crippen molar-refractivity contribution in [1.29, 1.82) is 0 Å². The zero-order valence-electron chi connectivity index (χ0n) is 14.7. The third kappa shape index (κ3) is 4.71. The van der Waals surface area contributed by atoms with Gasteiger partial charge in [0.1, 0.15) is 0 Å². The number of nitrogens with two attached hydrogens (primary N) is 1. The van der Waals surface area contributed by atoms with E-state index < -0.39 is 0 Å². The summed E-state index contributed by atoms with van der Waals surface area (Å²) in [6.07, 6.45) is 3.70. The smallest absolute Gasteiger partial charge is 0.0339 e. The first kappa shape index (κ1) is 17.9. The molecule has 1 heterocycles. The standard InChI is InChI=1S/C17H37N3/c1-14(2)10-17(13-18,11-15(3)4)20-9-7-8-19(6)12-16(20)5/h14-16H,7-13,18H2,1-6H3. The lowest BCUT2D eigenvalue weighted by atomic mass is 9.79. The molecule has 0 amide bonds. The first-order valence-corrected chi connectivity index (χ1v) is 8.46. The Hall–Kier alpha value is -0.120. The van der Waals surface area contributed by atoms with Crippen LogP contribution in [0.2, 0.25) is 0 Å². The van der Waals surface area contributed by atoms with Gasteiger partial charge >= 0.3 is 0 Å². The van der Waals surface area contributed by atoms with Crippen molar-refractivity contribution in [3.63, 3.8) is 0 Å². The fourth-order valence-electron chi connectivity index (χ4n) is 4.20. The summed E-state index contributed by atoms with van der Waals surface area (Å²) < 4.78 is 0. The lowest BCUT2D eigenvalue weighted by molar-refractivity contribution is 0.0234. The fourth-order valence-corrected chi connectivity index (χ4v) is 4.20. The van der Waals surface area contributed by atoms with Gasteiger partial charge in [0.05, 0.1) is 0 Å². The third-order valence-electron chi connectivity index (χ3n) is 4.61. The summed E-state index contributed by atoms with van der Waals surface area (Å²) in [6, 6.07) is 0.601. The van der Waals surface area contributed by atoms with Crippen LogP contribution in [-0.4, -0.2) is 54.6 Å². The molecule has 1 fully saturated rings. The molecule has 20 heavy (non-hydrogen) atoms. The molecule has 3 nitrogen and oxygen atoms in total. The van der Waals surface area contributed by atoms with Gasteiger partial charge in [0.2, 0.25) is 0 Å². The molecule has 0 spiro atoms. The van der Waals surface area contributed by atoms with Crippen molar-refractivity contribution in [2.45, 2.75) is 65.5 Å². The van der Waals surface area contributed by atoms with Gasteiger partial charge in [0, 0.05) is 31.2 Å². The van der Waals surface area contributed by atoms with Crippen LogP contribution in [0.5, 0.6) is 0 Å². The number of rotatable bonds is 6. The molecule has 0 aromatic heterocycles. The topological polar surface area (TPSA) is 32.5 Å². The molecule has 1 atom stereocenters. The lowest BCUT2D eigenvalue weighted by Crippen LogP contribution is -2.59. The van der Waals surface area contributed by atoms with Crippen LogP contribution in [0.15, 0.2) is 0 Å². The van der Waals surface area contributed by atoms with Crippen molar-refractivity contribution in [3.8, 4) is 0 Å². The Morgan fingerprint density at radius 1 is 1.10 bits per heavy atom. The fraction of sp³-hybridized carbons (Fsp3) is 1.00.